The lowest BCUT2D eigenvalue weighted by atomic mass is 10.3. The lowest BCUT2D eigenvalue weighted by molar-refractivity contribution is 0.836. The number of para-hydroxylation sites is 2. The Morgan fingerprint density at radius 1 is 1.10 bits per heavy atom. The van der Waals surface area contributed by atoms with Gasteiger partial charge in [-0.2, -0.15) is 4.98 Å². The largest absolute Gasteiger partial charge is 0.360 e. The molecule has 4 heteroatoms. The van der Waals surface area contributed by atoms with Crippen molar-refractivity contribution in [1.29, 1.82) is 0 Å². The zero-order valence-corrected chi connectivity index (χ0v) is 12.7. The molecule has 0 saturated heterocycles. The minimum Gasteiger partial charge on any atom is -0.360 e. The molecule has 0 amide bonds. The maximum atomic E-state index is 4.61. The molecule has 106 valence electrons. The standard InChI is InChI=1S/C14H16N4.C2H6/c1-3-9-17(2)13-8-10-18-12-7-5-4-6-11(12)15-14(18)16-13;1-2/h4-8,10H,3,9H2,1-2H3;1-2H3. The van der Waals surface area contributed by atoms with E-state index in [9.17, 15) is 0 Å². The number of hydrogen-bond acceptors (Lipinski definition) is 3. The van der Waals surface area contributed by atoms with Gasteiger partial charge in [-0.1, -0.05) is 32.9 Å². The second kappa shape index (κ2) is 6.37. The van der Waals surface area contributed by atoms with E-state index < -0.39 is 0 Å². The third-order valence-corrected chi connectivity index (χ3v) is 3.11. The number of imidazole rings is 1. The predicted octanol–water partition coefficient (Wildman–Crippen LogP) is 3.75. The summed E-state index contributed by atoms with van der Waals surface area (Å²) in [6.07, 6.45) is 3.15. The number of fused-ring (bicyclic) bond motifs is 3. The maximum absolute atomic E-state index is 4.61. The highest BCUT2D eigenvalue weighted by Crippen LogP contribution is 2.17. The van der Waals surface area contributed by atoms with Gasteiger partial charge in [0.05, 0.1) is 11.0 Å². The van der Waals surface area contributed by atoms with Gasteiger partial charge in [0.2, 0.25) is 5.78 Å². The van der Waals surface area contributed by atoms with Gasteiger partial charge >= 0.3 is 0 Å². The van der Waals surface area contributed by atoms with E-state index >= 15 is 0 Å². The average Bonchev–Trinajstić information content (AvgIpc) is 2.87. The van der Waals surface area contributed by atoms with Crippen molar-refractivity contribution in [3.8, 4) is 0 Å². The Kier molecular flexibility index (Phi) is 4.56. The van der Waals surface area contributed by atoms with E-state index in [2.05, 4.69) is 34.9 Å². The van der Waals surface area contributed by atoms with Crippen molar-refractivity contribution in [3.05, 3.63) is 36.5 Å². The summed E-state index contributed by atoms with van der Waals surface area (Å²) in [7, 11) is 2.06. The van der Waals surface area contributed by atoms with Crippen LogP contribution in [0, 0.1) is 0 Å². The molecular formula is C16H22N4. The Bertz CT molecular complexity index is 687. The van der Waals surface area contributed by atoms with Crippen LogP contribution in [0.3, 0.4) is 0 Å². The first-order valence-electron chi connectivity index (χ1n) is 7.24. The molecule has 0 N–H and O–H groups in total. The fraction of sp³-hybridized carbons (Fsp3) is 0.375. The molecule has 0 fully saturated rings. The summed E-state index contributed by atoms with van der Waals surface area (Å²) in [6, 6.07) is 10.1. The van der Waals surface area contributed by atoms with E-state index in [0.717, 1.165) is 35.6 Å². The van der Waals surface area contributed by atoms with Crippen molar-refractivity contribution in [3.63, 3.8) is 0 Å². The van der Waals surface area contributed by atoms with Crippen LogP contribution in [0.5, 0.6) is 0 Å². The number of rotatable bonds is 3. The Balaban J connectivity index is 0.000000704. The van der Waals surface area contributed by atoms with E-state index in [1.54, 1.807) is 0 Å². The van der Waals surface area contributed by atoms with Crippen LogP contribution in [0.1, 0.15) is 27.2 Å². The van der Waals surface area contributed by atoms with Crippen LogP contribution in [0.15, 0.2) is 36.5 Å². The zero-order valence-electron chi connectivity index (χ0n) is 12.7. The van der Waals surface area contributed by atoms with Crippen LogP contribution in [-0.4, -0.2) is 28.0 Å². The molecule has 0 aliphatic carbocycles. The molecule has 20 heavy (non-hydrogen) atoms. The van der Waals surface area contributed by atoms with Gasteiger partial charge in [0.15, 0.2) is 0 Å². The van der Waals surface area contributed by atoms with Crippen molar-refractivity contribution in [1.82, 2.24) is 14.4 Å². The fourth-order valence-electron chi connectivity index (χ4n) is 2.20. The van der Waals surface area contributed by atoms with Crippen LogP contribution < -0.4 is 4.90 Å². The number of aromatic nitrogens is 3. The lowest BCUT2D eigenvalue weighted by Gasteiger charge is -2.16. The van der Waals surface area contributed by atoms with Gasteiger partial charge < -0.3 is 4.90 Å². The summed E-state index contributed by atoms with van der Waals surface area (Å²) < 4.78 is 2.03. The Morgan fingerprint density at radius 2 is 1.85 bits per heavy atom. The Hall–Kier alpha value is -2.10. The van der Waals surface area contributed by atoms with E-state index in [-0.39, 0.29) is 0 Å². The molecule has 0 saturated carbocycles. The molecule has 0 spiro atoms. The Morgan fingerprint density at radius 3 is 2.60 bits per heavy atom. The first kappa shape index (κ1) is 14.3. The molecule has 1 aromatic carbocycles. The summed E-state index contributed by atoms with van der Waals surface area (Å²) in [5.74, 6) is 1.73. The normalized spacial score (nSPS) is 10.4. The van der Waals surface area contributed by atoms with Crippen molar-refractivity contribution in [2.45, 2.75) is 27.2 Å². The molecular weight excluding hydrogens is 248 g/mol. The molecule has 0 aliphatic rings. The van der Waals surface area contributed by atoms with E-state index in [0.29, 0.717) is 0 Å². The zero-order chi connectivity index (χ0) is 14.5. The second-order valence-electron chi connectivity index (χ2n) is 4.48. The molecule has 3 aromatic rings. The van der Waals surface area contributed by atoms with Gasteiger partial charge in [-0.15, -0.1) is 0 Å². The highest BCUT2D eigenvalue weighted by atomic mass is 15.2. The molecule has 0 radical (unpaired) electrons. The number of nitrogens with zero attached hydrogens (tertiary/aromatic N) is 4. The van der Waals surface area contributed by atoms with Crippen LogP contribution in [0.4, 0.5) is 5.82 Å². The SMILES string of the molecule is CC.CCCN(C)c1ccn2c(n1)nc1ccccc12. The van der Waals surface area contributed by atoms with Gasteiger partial charge in [0.25, 0.3) is 0 Å². The smallest absolute Gasteiger partial charge is 0.236 e. The molecule has 0 atom stereocenters. The van der Waals surface area contributed by atoms with Crippen molar-refractivity contribution < 1.29 is 0 Å². The van der Waals surface area contributed by atoms with Crippen LogP contribution in [0.2, 0.25) is 0 Å². The second-order valence-corrected chi connectivity index (χ2v) is 4.48. The van der Waals surface area contributed by atoms with E-state index in [4.69, 9.17) is 0 Å². The van der Waals surface area contributed by atoms with Crippen molar-refractivity contribution in [2.24, 2.45) is 0 Å². The summed E-state index contributed by atoms with van der Waals surface area (Å²) in [5, 5.41) is 0. The number of hydrogen-bond donors (Lipinski definition) is 0. The highest BCUT2D eigenvalue weighted by Gasteiger charge is 2.07. The van der Waals surface area contributed by atoms with Gasteiger partial charge in [-0.3, -0.25) is 4.40 Å². The monoisotopic (exact) mass is 270 g/mol. The van der Waals surface area contributed by atoms with Crippen LogP contribution in [-0.2, 0) is 0 Å². The summed E-state index contributed by atoms with van der Waals surface area (Å²) in [6.45, 7) is 7.17. The quantitative estimate of drug-likeness (QED) is 0.726. The van der Waals surface area contributed by atoms with E-state index in [1.807, 2.05) is 48.7 Å². The van der Waals surface area contributed by atoms with E-state index in [1.165, 1.54) is 0 Å². The lowest BCUT2D eigenvalue weighted by Crippen LogP contribution is -2.19. The molecule has 0 aliphatic heterocycles. The number of anilines is 1. The average molecular weight is 270 g/mol. The molecule has 4 nitrogen and oxygen atoms in total. The topological polar surface area (TPSA) is 33.4 Å². The summed E-state index contributed by atoms with van der Waals surface area (Å²) in [5.41, 5.74) is 2.09. The van der Waals surface area contributed by atoms with Gasteiger partial charge in [0, 0.05) is 19.8 Å². The summed E-state index contributed by atoms with van der Waals surface area (Å²) >= 11 is 0. The maximum Gasteiger partial charge on any atom is 0.236 e. The molecule has 2 heterocycles. The van der Waals surface area contributed by atoms with Crippen molar-refractivity contribution >= 4 is 22.6 Å². The molecule has 3 rings (SSSR count). The van der Waals surface area contributed by atoms with Gasteiger partial charge in [0.1, 0.15) is 5.82 Å². The number of benzene rings is 1. The fourth-order valence-corrected chi connectivity index (χ4v) is 2.20. The predicted molar refractivity (Wildman–Crippen MR) is 85.4 cm³/mol. The summed E-state index contributed by atoms with van der Waals surface area (Å²) in [4.78, 5) is 11.3. The third-order valence-electron chi connectivity index (χ3n) is 3.11. The highest BCUT2D eigenvalue weighted by molar-refractivity contribution is 5.79. The van der Waals surface area contributed by atoms with Crippen LogP contribution >= 0.6 is 0 Å². The van der Waals surface area contributed by atoms with Gasteiger partial charge in [-0.05, 0) is 24.6 Å². The van der Waals surface area contributed by atoms with Crippen LogP contribution in [0.25, 0.3) is 16.8 Å². The minimum atomic E-state index is 0.761. The first-order valence-corrected chi connectivity index (χ1v) is 7.24. The third kappa shape index (κ3) is 2.59. The molecule has 2 aromatic heterocycles. The first-order chi connectivity index (χ1) is 9.79. The van der Waals surface area contributed by atoms with Crippen molar-refractivity contribution in [2.75, 3.05) is 18.5 Å². The Labute approximate surface area is 120 Å². The minimum absolute atomic E-state index is 0.761. The van der Waals surface area contributed by atoms with Gasteiger partial charge in [-0.25, -0.2) is 4.98 Å². The molecule has 0 bridgehead atoms. The molecule has 0 unspecified atom stereocenters.